The fourth-order valence-electron chi connectivity index (χ4n) is 1.18. The summed E-state index contributed by atoms with van der Waals surface area (Å²) < 4.78 is 0. The molecular weight excluding hydrogens is 196 g/mol. The van der Waals surface area contributed by atoms with Crippen molar-refractivity contribution in [1.82, 2.24) is 25.5 Å². The molecule has 2 aromatic heterocycles. The van der Waals surface area contributed by atoms with E-state index in [2.05, 4.69) is 30.8 Å². The molecule has 3 N–H and O–H groups in total. The van der Waals surface area contributed by atoms with Crippen LogP contribution in [0.3, 0.4) is 0 Å². The molecule has 0 radical (unpaired) electrons. The van der Waals surface area contributed by atoms with Crippen molar-refractivity contribution in [3.05, 3.63) is 12.5 Å². The third-order valence-electron chi connectivity index (χ3n) is 1.82. The second-order valence-electron chi connectivity index (χ2n) is 2.84. The molecule has 2 amide bonds. The number of aromatic amines is 1. The summed E-state index contributed by atoms with van der Waals surface area (Å²) in [5, 5.41) is 12.4. The Morgan fingerprint density at radius 1 is 1.53 bits per heavy atom. The number of H-pyrrole nitrogens is 1. The van der Waals surface area contributed by atoms with Crippen LogP contribution < -0.4 is 10.6 Å². The highest BCUT2D eigenvalue weighted by Crippen LogP contribution is 2.15. The molecular formula is C8H10N6O. The molecule has 0 unspecified atom stereocenters. The molecule has 0 bridgehead atoms. The average Bonchev–Trinajstić information content (AvgIpc) is 2.67. The molecule has 0 aliphatic heterocycles. The highest BCUT2D eigenvalue weighted by atomic mass is 16.2. The fourth-order valence-corrected chi connectivity index (χ4v) is 1.18. The normalized spacial score (nSPS) is 10.2. The van der Waals surface area contributed by atoms with E-state index in [0.717, 1.165) is 0 Å². The molecule has 0 saturated carbocycles. The molecule has 7 nitrogen and oxygen atoms in total. The van der Waals surface area contributed by atoms with Crippen molar-refractivity contribution in [3.8, 4) is 0 Å². The number of amides is 2. The van der Waals surface area contributed by atoms with Gasteiger partial charge in [-0.15, -0.1) is 0 Å². The highest BCUT2D eigenvalue weighted by Gasteiger charge is 2.07. The average molecular weight is 206 g/mol. The molecule has 2 rings (SSSR count). The van der Waals surface area contributed by atoms with Gasteiger partial charge in [-0.1, -0.05) is 0 Å². The molecule has 2 heterocycles. The quantitative estimate of drug-likeness (QED) is 0.666. The van der Waals surface area contributed by atoms with Gasteiger partial charge in [0.25, 0.3) is 0 Å². The Bertz CT molecular complexity index is 479. The zero-order valence-corrected chi connectivity index (χ0v) is 8.11. The van der Waals surface area contributed by atoms with Gasteiger partial charge < -0.3 is 5.32 Å². The van der Waals surface area contributed by atoms with Gasteiger partial charge in [0.2, 0.25) is 0 Å². The van der Waals surface area contributed by atoms with Crippen molar-refractivity contribution in [2.24, 2.45) is 0 Å². The number of rotatable bonds is 2. The highest BCUT2D eigenvalue weighted by molar-refractivity contribution is 5.96. The van der Waals surface area contributed by atoms with E-state index in [1.54, 1.807) is 6.20 Å². The van der Waals surface area contributed by atoms with Crippen LogP contribution in [-0.4, -0.2) is 32.7 Å². The van der Waals surface area contributed by atoms with Crippen LogP contribution in [0.5, 0.6) is 0 Å². The number of carbonyl (C=O) groups is 1. The molecule has 0 fully saturated rings. The third kappa shape index (κ3) is 1.85. The van der Waals surface area contributed by atoms with Crippen LogP contribution in [0.2, 0.25) is 0 Å². The van der Waals surface area contributed by atoms with Gasteiger partial charge in [-0.3, -0.25) is 10.4 Å². The van der Waals surface area contributed by atoms with Gasteiger partial charge in [0.05, 0.1) is 11.6 Å². The van der Waals surface area contributed by atoms with E-state index in [-0.39, 0.29) is 6.03 Å². The first-order chi connectivity index (χ1) is 7.31. The molecule has 0 atom stereocenters. The van der Waals surface area contributed by atoms with Crippen molar-refractivity contribution in [3.63, 3.8) is 0 Å². The smallest absolute Gasteiger partial charge is 0.320 e. The molecule has 0 saturated heterocycles. The Morgan fingerprint density at radius 2 is 2.40 bits per heavy atom. The number of fused-ring (bicyclic) bond motifs is 1. The molecule has 15 heavy (non-hydrogen) atoms. The maximum atomic E-state index is 11.3. The Hall–Kier alpha value is -2.18. The van der Waals surface area contributed by atoms with Crippen molar-refractivity contribution < 1.29 is 4.79 Å². The summed E-state index contributed by atoms with van der Waals surface area (Å²) in [7, 11) is 0. The molecule has 7 heteroatoms. The minimum Gasteiger partial charge on any atom is -0.338 e. The van der Waals surface area contributed by atoms with Gasteiger partial charge in [-0.2, -0.15) is 5.10 Å². The van der Waals surface area contributed by atoms with Gasteiger partial charge in [0.1, 0.15) is 12.1 Å². The first kappa shape index (κ1) is 9.38. The van der Waals surface area contributed by atoms with Gasteiger partial charge >= 0.3 is 6.03 Å². The monoisotopic (exact) mass is 206 g/mol. The second-order valence-corrected chi connectivity index (χ2v) is 2.84. The van der Waals surface area contributed by atoms with E-state index >= 15 is 0 Å². The SMILES string of the molecule is CCNC(=O)Nc1ncnc2[nH]ncc12. The first-order valence-corrected chi connectivity index (χ1v) is 4.50. The van der Waals surface area contributed by atoms with Gasteiger partial charge in [0.15, 0.2) is 5.65 Å². The maximum absolute atomic E-state index is 11.3. The van der Waals surface area contributed by atoms with Crippen molar-refractivity contribution in [1.29, 1.82) is 0 Å². The van der Waals surface area contributed by atoms with Gasteiger partial charge in [0, 0.05) is 6.54 Å². The predicted octanol–water partition coefficient (Wildman–Crippen LogP) is 0.494. The summed E-state index contributed by atoms with van der Waals surface area (Å²) in [5.41, 5.74) is 0.594. The van der Waals surface area contributed by atoms with E-state index in [9.17, 15) is 4.79 Å². The predicted molar refractivity (Wildman–Crippen MR) is 54.4 cm³/mol. The summed E-state index contributed by atoms with van der Waals surface area (Å²) in [6, 6.07) is -0.293. The first-order valence-electron chi connectivity index (χ1n) is 4.50. The summed E-state index contributed by atoms with van der Waals surface area (Å²) in [5.74, 6) is 0.444. The van der Waals surface area contributed by atoms with E-state index in [1.165, 1.54) is 6.33 Å². The molecule has 0 aliphatic rings. The summed E-state index contributed by atoms with van der Waals surface area (Å²) in [6.07, 6.45) is 2.93. The zero-order valence-electron chi connectivity index (χ0n) is 8.11. The number of anilines is 1. The number of aromatic nitrogens is 4. The molecule has 0 aliphatic carbocycles. The van der Waals surface area contributed by atoms with Crippen molar-refractivity contribution in [2.75, 3.05) is 11.9 Å². The lowest BCUT2D eigenvalue weighted by Crippen LogP contribution is -2.28. The van der Waals surface area contributed by atoms with Crippen LogP contribution in [-0.2, 0) is 0 Å². The van der Waals surface area contributed by atoms with E-state index in [0.29, 0.717) is 23.4 Å². The van der Waals surface area contributed by atoms with E-state index in [4.69, 9.17) is 0 Å². The Labute approximate surface area is 85.3 Å². The molecule has 2 aromatic rings. The number of carbonyl (C=O) groups excluding carboxylic acids is 1. The van der Waals surface area contributed by atoms with Crippen LogP contribution >= 0.6 is 0 Å². The number of nitrogens with one attached hydrogen (secondary N) is 3. The standard InChI is InChI=1S/C8H10N6O/c1-2-9-8(15)13-6-5-3-12-14-7(5)11-4-10-6/h3-4H,2H2,1H3,(H3,9,10,11,12,13,14,15). The molecule has 78 valence electrons. The Balaban J connectivity index is 2.27. The minimum atomic E-state index is -0.293. The topological polar surface area (TPSA) is 95.6 Å². The second kappa shape index (κ2) is 3.91. The van der Waals surface area contributed by atoms with Crippen LogP contribution in [0.4, 0.5) is 10.6 Å². The Morgan fingerprint density at radius 3 is 3.20 bits per heavy atom. The number of urea groups is 1. The summed E-state index contributed by atoms with van der Waals surface area (Å²) in [6.45, 7) is 2.40. The van der Waals surface area contributed by atoms with Crippen LogP contribution in [0.1, 0.15) is 6.92 Å². The fraction of sp³-hybridized carbons (Fsp3) is 0.250. The van der Waals surface area contributed by atoms with Gasteiger partial charge in [-0.05, 0) is 6.92 Å². The number of hydrogen-bond donors (Lipinski definition) is 3. The van der Waals surface area contributed by atoms with Gasteiger partial charge in [-0.25, -0.2) is 14.8 Å². The zero-order chi connectivity index (χ0) is 10.7. The number of hydrogen-bond acceptors (Lipinski definition) is 4. The van der Waals surface area contributed by atoms with Crippen molar-refractivity contribution >= 4 is 22.9 Å². The summed E-state index contributed by atoms with van der Waals surface area (Å²) >= 11 is 0. The van der Waals surface area contributed by atoms with E-state index < -0.39 is 0 Å². The third-order valence-corrected chi connectivity index (χ3v) is 1.82. The van der Waals surface area contributed by atoms with Crippen LogP contribution in [0.25, 0.3) is 11.0 Å². The van der Waals surface area contributed by atoms with E-state index in [1.807, 2.05) is 6.92 Å². The lowest BCUT2D eigenvalue weighted by atomic mass is 10.4. The largest absolute Gasteiger partial charge is 0.338 e. The Kier molecular flexibility index (Phi) is 2.44. The summed E-state index contributed by atoms with van der Waals surface area (Å²) in [4.78, 5) is 19.2. The van der Waals surface area contributed by atoms with Crippen LogP contribution in [0.15, 0.2) is 12.5 Å². The maximum Gasteiger partial charge on any atom is 0.320 e. The molecule has 0 spiro atoms. The lowest BCUT2D eigenvalue weighted by molar-refractivity contribution is 0.252. The lowest BCUT2D eigenvalue weighted by Gasteiger charge is -2.04. The van der Waals surface area contributed by atoms with Crippen molar-refractivity contribution in [2.45, 2.75) is 6.92 Å². The minimum absolute atomic E-state index is 0.293. The van der Waals surface area contributed by atoms with Crippen LogP contribution in [0, 0.1) is 0 Å². The number of nitrogens with zero attached hydrogens (tertiary/aromatic N) is 3. The molecule has 0 aromatic carbocycles.